The predicted octanol–water partition coefficient (Wildman–Crippen LogP) is 2.06. The maximum atomic E-state index is 11.7. The summed E-state index contributed by atoms with van der Waals surface area (Å²) in [6.07, 6.45) is 1.57. The first-order valence-electron chi connectivity index (χ1n) is 5.06. The van der Waals surface area contributed by atoms with Gasteiger partial charge in [0.2, 0.25) is 0 Å². The van der Waals surface area contributed by atoms with E-state index >= 15 is 0 Å². The van der Waals surface area contributed by atoms with E-state index in [1.54, 1.807) is 39.1 Å². The lowest BCUT2D eigenvalue weighted by molar-refractivity contribution is 0.0523. The van der Waals surface area contributed by atoms with Crippen molar-refractivity contribution in [3.63, 3.8) is 0 Å². The summed E-state index contributed by atoms with van der Waals surface area (Å²) in [7, 11) is 0. The third-order valence-electron chi connectivity index (χ3n) is 2.17. The first-order valence-corrected chi connectivity index (χ1v) is 5.06. The summed E-state index contributed by atoms with van der Waals surface area (Å²) < 4.78 is 4.92. The van der Waals surface area contributed by atoms with Gasteiger partial charge in [-0.2, -0.15) is 5.26 Å². The Morgan fingerprint density at radius 2 is 2.31 bits per heavy atom. The Morgan fingerprint density at radius 3 is 2.88 bits per heavy atom. The minimum atomic E-state index is -0.802. The van der Waals surface area contributed by atoms with Crippen molar-refractivity contribution in [3.8, 4) is 6.07 Å². The molecule has 0 aromatic carbocycles. The van der Waals surface area contributed by atoms with E-state index < -0.39 is 11.4 Å². The molecule has 0 aliphatic carbocycles. The summed E-state index contributed by atoms with van der Waals surface area (Å²) in [5, 5.41) is 9.04. The number of nitriles is 1. The molecule has 4 heteroatoms. The van der Waals surface area contributed by atoms with Gasteiger partial charge in [0.15, 0.2) is 0 Å². The number of carbonyl (C=O) groups is 1. The van der Waals surface area contributed by atoms with E-state index in [9.17, 15) is 4.79 Å². The lowest BCUT2D eigenvalue weighted by atomic mass is 9.88. The first kappa shape index (κ1) is 12.2. The number of esters is 1. The highest BCUT2D eigenvalue weighted by atomic mass is 16.5. The van der Waals surface area contributed by atoms with Crippen LogP contribution in [0.5, 0.6) is 0 Å². The highest BCUT2D eigenvalue weighted by molar-refractivity contribution is 5.91. The van der Waals surface area contributed by atoms with Gasteiger partial charge in [0.25, 0.3) is 0 Å². The number of hydrogen-bond acceptors (Lipinski definition) is 4. The SMILES string of the molecule is CCOC(=O)c1cccnc1C(C)(C)C#N. The van der Waals surface area contributed by atoms with Crippen LogP contribution in [0.4, 0.5) is 0 Å². The van der Waals surface area contributed by atoms with Crippen LogP contribution in [-0.4, -0.2) is 17.6 Å². The molecule has 0 bridgehead atoms. The van der Waals surface area contributed by atoms with E-state index in [0.717, 1.165) is 0 Å². The van der Waals surface area contributed by atoms with Gasteiger partial charge in [-0.05, 0) is 32.9 Å². The number of carbonyl (C=O) groups excluding carboxylic acids is 1. The number of hydrogen-bond donors (Lipinski definition) is 0. The van der Waals surface area contributed by atoms with Crippen LogP contribution >= 0.6 is 0 Å². The van der Waals surface area contributed by atoms with Gasteiger partial charge in [0.1, 0.15) is 0 Å². The average molecular weight is 218 g/mol. The van der Waals surface area contributed by atoms with Gasteiger partial charge in [-0.15, -0.1) is 0 Å². The molecule has 0 amide bonds. The molecule has 1 rings (SSSR count). The minimum absolute atomic E-state index is 0.306. The molecule has 0 radical (unpaired) electrons. The van der Waals surface area contributed by atoms with E-state index in [2.05, 4.69) is 11.1 Å². The molecule has 1 heterocycles. The number of rotatable bonds is 3. The summed E-state index contributed by atoms with van der Waals surface area (Å²) in [5.41, 5.74) is 0.00967. The van der Waals surface area contributed by atoms with E-state index in [1.165, 1.54) is 0 Å². The molecule has 84 valence electrons. The monoisotopic (exact) mass is 218 g/mol. The average Bonchev–Trinajstić information content (AvgIpc) is 2.29. The van der Waals surface area contributed by atoms with Crippen molar-refractivity contribution in [2.45, 2.75) is 26.2 Å². The molecule has 0 unspecified atom stereocenters. The maximum Gasteiger partial charge on any atom is 0.340 e. The largest absolute Gasteiger partial charge is 0.462 e. The molecular formula is C12H14N2O2. The van der Waals surface area contributed by atoms with Crippen LogP contribution < -0.4 is 0 Å². The second-order valence-electron chi connectivity index (χ2n) is 3.86. The van der Waals surface area contributed by atoms with Crippen molar-refractivity contribution in [1.29, 1.82) is 5.26 Å². The molecule has 0 spiro atoms. The van der Waals surface area contributed by atoms with E-state index in [1.807, 2.05) is 0 Å². The predicted molar refractivity (Wildman–Crippen MR) is 58.8 cm³/mol. The fraction of sp³-hybridized carbons (Fsp3) is 0.417. The Bertz CT molecular complexity index is 433. The molecule has 16 heavy (non-hydrogen) atoms. The lowest BCUT2D eigenvalue weighted by Gasteiger charge is -2.17. The van der Waals surface area contributed by atoms with Crippen LogP contribution in [0.2, 0.25) is 0 Å². The number of pyridine rings is 1. The van der Waals surface area contributed by atoms with E-state index in [0.29, 0.717) is 17.9 Å². The van der Waals surface area contributed by atoms with Crippen molar-refractivity contribution < 1.29 is 9.53 Å². The van der Waals surface area contributed by atoms with Crippen LogP contribution in [0, 0.1) is 11.3 Å². The van der Waals surface area contributed by atoms with Gasteiger partial charge in [0, 0.05) is 6.20 Å². The van der Waals surface area contributed by atoms with Crippen molar-refractivity contribution >= 4 is 5.97 Å². The molecule has 0 saturated heterocycles. The molecule has 0 fully saturated rings. The zero-order chi connectivity index (χ0) is 12.2. The fourth-order valence-corrected chi connectivity index (χ4v) is 1.33. The van der Waals surface area contributed by atoms with Crippen molar-refractivity contribution in [2.75, 3.05) is 6.61 Å². The number of nitrogens with zero attached hydrogens (tertiary/aromatic N) is 2. The quantitative estimate of drug-likeness (QED) is 0.728. The third kappa shape index (κ3) is 2.37. The zero-order valence-corrected chi connectivity index (χ0v) is 9.65. The van der Waals surface area contributed by atoms with Crippen molar-refractivity contribution in [1.82, 2.24) is 4.98 Å². The Kier molecular flexibility index (Phi) is 3.62. The molecule has 0 atom stereocenters. The van der Waals surface area contributed by atoms with Crippen LogP contribution in [0.15, 0.2) is 18.3 Å². The van der Waals surface area contributed by atoms with Gasteiger partial charge < -0.3 is 4.74 Å². The molecule has 0 aliphatic rings. The Morgan fingerprint density at radius 1 is 1.62 bits per heavy atom. The van der Waals surface area contributed by atoms with E-state index in [-0.39, 0.29) is 0 Å². The second kappa shape index (κ2) is 4.75. The normalized spacial score (nSPS) is 10.6. The van der Waals surface area contributed by atoms with Crippen LogP contribution in [0.25, 0.3) is 0 Å². The van der Waals surface area contributed by atoms with Crippen molar-refractivity contribution in [3.05, 3.63) is 29.6 Å². The van der Waals surface area contributed by atoms with Crippen LogP contribution in [-0.2, 0) is 10.2 Å². The summed E-state index contributed by atoms with van der Waals surface area (Å²) in [4.78, 5) is 15.8. The molecule has 1 aromatic rings. The summed E-state index contributed by atoms with van der Waals surface area (Å²) >= 11 is 0. The van der Waals surface area contributed by atoms with Gasteiger partial charge in [-0.3, -0.25) is 4.98 Å². The Labute approximate surface area is 94.9 Å². The highest BCUT2D eigenvalue weighted by Crippen LogP contribution is 2.23. The minimum Gasteiger partial charge on any atom is -0.462 e. The standard InChI is InChI=1S/C12H14N2O2/c1-4-16-11(15)9-6-5-7-14-10(9)12(2,3)8-13/h5-7H,4H2,1-3H3. The Balaban J connectivity index is 3.22. The summed E-state index contributed by atoms with van der Waals surface area (Å²) in [5.74, 6) is -0.436. The summed E-state index contributed by atoms with van der Waals surface area (Å²) in [6.45, 7) is 5.49. The fourth-order valence-electron chi connectivity index (χ4n) is 1.33. The molecular weight excluding hydrogens is 204 g/mol. The van der Waals surface area contributed by atoms with Gasteiger partial charge in [0.05, 0.1) is 29.3 Å². The maximum absolute atomic E-state index is 11.7. The summed E-state index contributed by atoms with van der Waals surface area (Å²) in [6, 6.07) is 5.41. The highest BCUT2D eigenvalue weighted by Gasteiger charge is 2.27. The van der Waals surface area contributed by atoms with Crippen LogP contribution in [0.1, 0.15) is 36.8 Å². The van der Waals surface area contributed by atoms with Gasteiger partial charge in [-0.25, -0.2) is 4.79 Å². The molecule has 0 N–H and O–H groups in total. The smallest absolute Gasteiger partial charge is 0.340 e. The van der Waals surface area contributed by atoms with E-state index in [4.69, 9.17) is 10.00 Å². The molecule has 1 aromatic heterocycles. The lowest BCUT2D eigenvalue weighted by Crippen LogP contribution is -2.21. The van der Waals surface area contributed by atoms with Crippen LogP contribution in [0.3, 0.4) is 0 Å². The molecule has 0 saturated carbocycles. The zero-order valence-electron chi connectivity index (χ0n) is 9.65. The molecule has 0 aliphatic heterocycles. The van der Waals surface area contributed by atoms with Gasteiger partial charge >= 0.3 is 5.97 Å². The third-order valence-corrected chi connectivity index (χ3v) is 2.17. The number of aromatic nitrogens is 1. The van der Waals surface area contributed by atoms with Crippen molar-refractivity contribution in [2.24, 2.45) is 0 Å². The second-order valence-corrected chi connectivity index (χ2v) is 3.86. The number of ether oxygens (including phenoxy) is 1. The first-order chi connectivity index (χ1) is 7.53. The Hall–Kier alpha value is -1.89. The molecule has 4 nitrogen and oxygen atoms in total. The van der Waals surface area contributed by atoms with Gasteiger partial charge in [-0.1, -0.05) is 0 Å². The topological polar surface area (TPSA) is 63.0 Å².